The van der Waals surface area contributed by atoms with E-state index in [2.05, 4.69) is 49.3 Å². The number of hydrogen-bond donors (Lipinski definition) is 1. The standard InChI is InChI=1S/C15H20N2/c1-4-10-16-15-12(5-2)11(3)17-14-9-7-6-8-13(14)15/h6-9H,4-5,10H2,1-3H3,(H,16,17). The summed E-state index contributed by atoms with van der Waals surface area (Å²) >= 11 is 0. The first-order valence-corrected chi connectivity index (χ1v) is 6.40. The number of para-hydroxylation sites is 1. The molecule has 1 N–H and O–H groups in total. The molecule has 1 aromatic heterocycles. The minimum Gasteiger partial charge on any atom is -0.384 e. The Balaban J connectivity index is 2.63. The van der Waals surface area contributed by atoms with E-state index in [0.717, 1.165) is 30.6 Å². The number of benzene rings is 1. The highest BCUT2D eigenvalue weighted by molar-refractivity contribution is 5.93. The molecule has 2 nitrogen and oxygen atoms in total. The van der Waals surface area contributed by atoms with Crippen molar-refractivity contribution in [3.63, 3.8) is 0 Å². The van der Waals surface area contributed by atoms with E-state index in [1.54, 1.807) is 0 Å². The Bertz CT molecular complexity index is 518. The minimum atomic E-state index is 1.01. The van der Waals surface area contributed by atoms with Crippen LogP contribution in [0.15, 0.2) is 24.3 Å². The summed E-state index contributed by atoms with van der Waals surface area (Å²) in [6.07, 6.45) is 2.16. The molecule has 0 saturated carbocycles. The number of aromatic nitrogens is 1. The SMILES string of the molecule is CCCNc1c(CC)c(C)nc2ccccc12. The summed E-state index contributed by atoms with van der Waals surface area (Å²) < 4.78 is 0. The van der Waals surface area contributed by atoms with Crippen LogP contribution in [0.25, 0.3) is 10.9 Å². The average molecular weight is 228 g/mol. The van der Waals surface area contributed by atoms with Gasteiger partial charge in [-0.1, -0.05) is 32.0 Å². The fourth-order valence-electron chi connectivity index (χ4n) is 2.26. The number of pyridine rings is 1. The fourth-order valence-corrected chi connectivity index (χ4v) is 2.26. The van der Waals surface area contributed by atoms with Crippen molar-refractivity contribution in [3.05, 3.63) is 35.5 Å². The predicted octanol–water partition coefficient (Wildman–Crippen LogP) is 3.93. The zero-order valence-electron chi connectivity index (χ0n) is 10.9. The number of fused-ring (bicyclic) bond motifs is 1. The van der Waals surface area contributed by atoms with Gasteiger partial charge in [-0.3, -0.25) is 4.98 Å². The van der Waals surface area contributed by atoms with Crippen LogP contribution in [-0.4, -0.2) is 11.5 Å². The van der Waals surface area contributed by atoms with Gasteiger partial charge in [0.05, 0.1) is 5.52 Å². The van der Waals surface area contributed by atoms with Crippen LogP contribution in [0.4, 0.5) is 5.69 Å². The molecular weight excluding hydrogens is 208 g/mol. The number of hydrogen-bond acceptors (Lipinski definition) is 2. The molecule has 0 radical (unpaired) electrons. The second-order valence-corrected chi connectivity index (χ2v) is 4.35. The zero-order chi connectivity index (χ0) is 12.3. The summed E-state index contributed by atoms with van der Waals surface area (Å²) in [5.41, 5.74) is 4.85. The van der Waals surface area contributed by atoms with Crippen LogP contribution in [0.1, 0.15) is 31.5 Å². The first kappa shape index (κ1) is 11.9. The molecule has 17 heavy (non-hydrogen) atoms. The molecule has 0 saturated heterocycles. The van der Waals surface area contributed by atoms with E-state index >= 15 is 0 Å². The molecular formula is C15H20N2. The van der Waals surface area contributed by atoms with Gasteiger partial charge in [-0.15, -0.1) is 0 Å². The predicted molar refractivity (Wildman–Crippen MR) is 74.6 cm³/mol. The quantitative estimate of drug-likeness (QED) is 0.857. The summed E-state index contributed by atoms with van der Waals surface area (Å²) in [6, 6.07) is 8.36. The van der Waals surface area contributed by atoms with Gasteiger partial charge in [0, 0.05) is 23.3 Å². The van der Waals surface area contributed by atoms with E-state index in [-0.39, 0.29) is 0 Å². The Morgan fingerprint density at radius 3 is 2.65 bits per heavy atom. The highest BCUT2D eigenvalue weighted by Crippen LogP contribution is 2.28. The molecule has 0 unspecified atom stereocenters. The molecule has 0 amide bonds. The number of nitrogens with zero attached hydrogens (tertiary/aromatic N) is 1. The van der Waals surface area contributed by atoms with Crippen molar-refractivity contribution in [2.75, 3.05) is 11.9 Å². The fraction of sp³-hybridized carbons (Fsp3) is 0.400. The lowest BCUT2D eigenvalue weighted by molar-refractivity contribution is 0.969. The van der Waals surface area contributed by atoms with Gasteiger partial charge in [0.25, 0.3) is 0 Å². The molecule has 1 aromatic carbocycles. The van der Waals surface area contributed by atoms with Crippen molar-refractivity contribution in [1.82, 2.24) is 4.98 Å². The van der Waals surface area contributed by atoms with Gasteiger partial charge < -0.3 is 5.32 Å². The van der Waals surface area contributed by atoms with Crippen molar-refractivity contribution in [2.24, 2.45) is 0 Å². The van der Waals surface area contributed by atoms with Gasteiger partial charge in [0.2, 0.25) is 0 Å². The Kier molecular flexibility index (Phi) is 3.62. The van der Waals surface area contributed by atoms with Gasteiger partial charge in [-0.25, -0.2) is 0 Å². The van der Waals surface area contributed by atoms with Crippen molar-refractivity contribution in [2.45, 2.75) is 33.6 Å². The molecule has 0 fully saturated rings. The van der Waals surface area contributed by atoms with E-state index in [9.17, 15) is 0 Å². The minimum absolute atomic E-state index is 1.01. The Labute approximate surface area is 103 Å². The van der Waals surface area contributed by atoms with E-state index in [0.29, 0.717) is 0 Å². The topological polar surface area (TPSA) is 24.9 Å². The van der Waals surface area contributed by atoms with Gasteiger partial charge in [-0.2, -0.15) is 0 Å². The third-order valence-electron chi connectivity index (χ3n) is 3.11. The average Bonchev–Trinajstić information content (AvgIpc) is 2.35. The van der Waals surface area contributed by atoms with Crippen molar-refractivity contribution in [3.8, 4) is 0 Å². The molecule has 0 bridgehead atoms. The third kappa shape index (κ3) is 2.26. The van der Waals surface area contributed by atoms with Crippen molar-refractivity contribution in [1.29, 1.82) is 0 Å². The van der Waals surface area contributed by atoms with Gasteiger partial charge in [0.1, 0.15) is 0 Å². The van der Waals surface area contributed by atoms with E-state index < -0.39 is 0 Å². The summed E-state index contributed by atoms with van der Waals surface area (Å²) in [6.45, 7) is 7.49. The lowest BCUT2D eigenvalue weighted by Crippen LogP contribution is -2.06. The molecule has 2 aromatic rings. The lowest BCUT2D eigenvalue weighted by Gasteiger charge is -2.15. The second kappa shape index (κ2) is 5.17. The summed E-state index contributed by atoms with van der Waals surface area (Å²) in [4.78, 5) is 4.68. The van der Waals surface area contributed by atoms with Crippen LogP contribution in [0.2, 0.25) is 0 Å². The first-order valence-electron chi connectivity index (χ1n) is 6.40. The summed E-state index contributed by atoms with van der Waals surface area (Å²) in [7, 11) is 0. The largest absolute Gasteiger partial charge is 0.384 e. The number of aryl methyl sites for hydroxylation is 1. The molecule has 0 aliphatic heterocycles. The maximum Gasteiger partial charge on any atom is 0.0726 e. The van der Waals surface area contributed by atoms with E-state index in [1.165, 1.54) is 16.6 Å². The molecule has 2 rings (SSSR count). The molecule has 0 spiro atoms. The highest BCUT2D eigenvalue weighted by Gasteiger charge is 2.10. The molecule has 0 atom stereocenters. The van der Waals surface area contributed by atoms with E-state index in [1.807, 2.05) is 6.07 Å². The monoisotopic (exact) mass is 228 g/mol. The molecule has 1 heterocycles. The van der Waals surface area contributed by atoms with Crippen LogP contribution in [-0.2, 0) is 6.42 Å². The molecule has 0 aliphatic carbocycles. The maximum atomic E-state index is 4.68. The Hall–Kier alpha value is -1.57. The van der Waals surface area contributed by atoms with E-state index in [4.69, 9.17) is 0 Å². The van der Waals surface area contributed by atoms with Crippen molar-refractivity contribution >= 4 is 16.6 Å². The van der Waals surface area contributed by atoms with Crippen LogP contribution in [0.3, 0.4) is 0 Å². The maximum absolute atomic E-state index is 4.68. The zero-order valence-corrected chi connectivity index (χ0v) is 10.9. The smallest absolute Gasteiger partial charge is 0.0726 e. The molecule has 2 heteroatoms. The third-order valence-corrected chi connectivity index (χ3v) is 3.11. The van der Waals surface area contributed by atoms with Gasteiger partial charge in [0.15, 0.2) is 0 Å². The summed E-state index contributed by atoms with van der Waals surface area (Å²) in [5, 5.41) is 4.80. The van der Waals surface area contributed by atoms with Gasteiger partial charge in [-0.05, 0) is 31.4 Å². The number of nitrogens with one attached hydrogen (secondary N) is 1. The van der Waals surface area contributed by atoms with Crippen LogP contribution in [0.5, 0.6) is 0 Å². The Morgan fingerprint density at radius 2 is 1.94 bits per heavy atom. The summed E-state index contributed by atoms with van der Waals surface area (Å²) in [5.74, 6) is 0. The number of anilines is 1. The lowest BCUT2D eigenvalue weighted by atomic mass is 10.0. The highest BCUT2D eigenvalue weighted by atomic mass is 14.9. The van der Waals surface area contributed by atoms with Crippen LogP contribution < -0.4 is 5.32 Å². The number of rotatable bonds is 4. The van der Waals surface area contributed by atoms with Crippen LogP contribution in [0, 0.1) is 6.92 Å². The van der Waals surface area contributed by atoms with Crippen LogP contribution >= 0.6 is 0 Å². The van der Waals surface area contributed by atoms with Gasteiger partial charge >= 0.3 is 0 Å². The normalized spacial score (nSPS) is 10.8. The Morgan fingerprint density at radius 1 is 1.18 bits per heavy atom. The molecule has 0 aliphatic rings. The second-order valence-electron chi connectivity index (χ2n) is 4.35. The van der Waals surface area contributed by atoms with Crippen molar-refractivity contribution < 1.29 is 0 Å². The first-order chi connectivity index (χ1) is 8.27. The molecule has 90 valence electrons.